The first kappa shape index (κ1) is 11.0. The molecule has 0 radical (unpaired) electrons. The number of nitrogens with zero attached hydrogens (tertiary/aromatic N) is 2. The van der Waals surface area contributed by atoms with Crippen molar-refractivity contribution in [3.63, 3.8) is 0 Å². The SMILES string of the molecule is CCCNc1ccnc(CC(C)C)n1. The second kappa shape index (κ2) is 5.58. The summed E-state index contributed by atoms with van der Waals surface area (Å²) in [4.78, 5) is 8.66. The Labute approximate surface area is 86.0 Å². The van der Waals surface area contributed by atoms with Crippen molar-refractivity contribution in [2.75, 3.05) is 11.9 Å². The van der Waals surface area contributed by atoms with Crippen LogP contribution in [0.25, 0.3) is 0 Å². The number of hydrogen-bond donors (Lipinski definition) is 1. The van der Waals surface area contributed by atoms with E-state index in [1.807, 2.05) is 12.3 Å². The minimum atomic E-state index is 0.608. The first-order chi connectivity index (χ1) is 6.72. The van der Waals surface area contributed by atoms with E-state index in [1.165, 1.54) is 0 Å². The molecule has 0 amide bonds. The Bertz CT molecular complexity index is 271. The van der Waals surface area contributed by atoms with Gasteiger partial charge in [-0.25, -0.2) is 9.97 Å². The standard InChI is InChI=1S/C11H19N3/c1-4-6-12-10-5-7-13-11(14-10)8-9(2)3/h5,7,9H,4,6,8H2,1-3H3,(H,12,13,14). The average Bonchev–Trinajstić information content (AvgIpc) is 2.14. The summed E-state index contributed by atoms with van der Waals surface area (Å²) in [7, 11) is 0. The smallest absolute Gasteiger partial charge is 0.130 e. The summed E-state index contributed by atoms with van der Waals surface area (Å²) in [5, 5.41) is 3.26. The molecule has 0 bridgehead atoms. The number of aromatic nitrogens is 2. The van der Waals surface area contributed by atoms with Crippen molar-refractivity contribution in [1.82, 2.24) is 9.97 Å². The molecule has 1 N–H and O–H groups in total. The maximum absolute atomic E-state index is 4.43. The number of anilines is 1. The van der Waals surface area contributed by atoms with Crippen LogP contribution in [-0.4, -0.2) is 16.5 Å². The lowest BCUT2D eigenvalue weighted by Crippen LogP contribution is -2.06. The van der Waals surface area contributed by atoms with Crippen LogP contribution in [0.15, 0.2) is 12.3 Å². The summed E-state index contributed by atoms with van der Waals surface area (Å²) in [6, 6.07) is 1.92. The fourth-order valence-electron chi connectivity index (χ4n) is 1.21. The van der Waals surface area contributed by atoms with Gasteiger partial charge in [0.15, 0.2) is 0 Å². The second-order valence-corrected chi connectivity index (χ2v) is 3.88. The molecule has 1 heterocycles. The molecule has 3 nitrogen and oxygen atoms in total. The Kier molecular flexibility index (Phi) is 4.36. The minimum absolute atomic E-state index is 0.608. The largest absolute Gasteiger partial charge is 0.370 e. The van der Waals surface area contributed by atoms with Crippen LogP contribution < -0.4 is 5.32 Å². The predicted molar refractivity (Wildman–Crippen MR) is 59.4 cm³/mol. The lowest BCUT2D eigenvalue weighted by atomic mass is 10.1. The highest BCUT2D eigenvalue weighted by Gasteiger charge is 2.01. The fraction of sp³-hybridized carbons (Fsp3) is 0.636. The molecule has 1 rings (SSSR count). The minimum Gasteiger partial charge on any atom is -0.370 e. The molecule has 1 aromatic heterocycles. The van der Waals surface area contributed by atoms with E-state index in [4.69, 9.17) is 0 Å². The lowest BCUT2D eigenvalue weighted by Gasteiger charge is -2.06. The Hall–Kier alpha value is -1.12. The van der Waals surface area contributed by atoms with Crippen LogP contribution in [0.2, 0.25) is 0 Å². The molecule has 0 aliphatic rings. The van der Waals surface area contributed by atoms with E-state index in [0.29, 0.717) is 5.92 Å². The van der Waals surface area contributed by atoms with E-state index in [-0.39, 0.29) is 0 Å². The molecule has 0 spiro atoms. The first-order valence-corrected chi connectivity index (χ1v) is 5.28. The molecule has 0 saturated heterocycles. The third kappa shape index (κ3) is 3.73. The molecular formula is C11H19N3. The van der Waals surface area contributed by atoms with E-state index in [0.717, 1.165) is 31.0 Å². The summed E-state index contributed by atoms with van der Waals surface area (Å²) in [5.41, 5.74) is 0. The van der Waals surface area contributed by atoms with Crippen LogP contribution in [0.1, 0.15) is 33.0 Å². The Morgan fingerprint density at radius 3 is 2.86 bits per heavy atom. The molecule has 3 heteroatoms. The number of nitrogens with one attached hydrogen (secondary N) is 1. The molecule has 0 aliphatic heterocycles. The summed E-state index contributed by atoms with van der Waals surface area (Å²) in [6.07, 6.45) is 3.88. The molecule has 0 atom stereocenters. The van der Waals surface area contributed by atoms with Crippen molar-refractivity contribution < 1.29 is 0 Å². The van der Waals surface area contributed by atoms with Gasteiger partial charge in [-0.1, -0.05) is 20.8 Å². The average molecular weight is 193 g/mol. The number of rotatable bonds is 5. The highest BCUT2D eigenvalue weighted by atomic mass is 15.0. The molecule has 78 valence electrons. The summed E-state index contributed by atoms with van der Waals surface area (Å²) < 4.78 is 0. The van der Waals surface area contributed by atoms with Gasteiger partial charge in [0.25, 0.3) is 0 Å². The van der Waals surface area contributed by atoms with Crippen molar-refractivity contribution in [1.29, 1.82) is 0 Å². The first-order valence-electron chi connectivity index (χ1n) is 5.28. The van der Waals surface area contributed by atoms with Crippen molar-refractivity contribution in [3.05, 3.63) is 18.1 Å². The van der Waals surface area contributed by atoms with Gasteiger partial charge in [-0.05, 0) is 18.4 Å². The van der Waals surface area contributed by atoms with Crippen LogP contribution >= 0.6 is 0 Å². The van der Waals surface area contributed by atoms with Gasteiger partial charge < -0.3 is 5.32 Å². The topological polar surface area (TPSA) is 37.8 Å². The zero-order chi connectivity index (χ0) is 10.4. The quantitative estimate of drug-likeness (QED) is 0.780. The van der Waals surface area contributed by atoms with Crippen LogP contribution in [0.3, 0.4) is 0 Å². The van der Waals surface area contributed by atoms with Gasteiger partial charge in [0.2, 0.25) is 0 Å². The van der Waals surface area contributed by atoms with Crippen LogP contribution in [0, 0.1) is 5.92 Å². The van der Waals surface area contributed by atoms with Gasteiger partial charge in [0.05, 0.1) is 0 Å². The maximum atomic E-state index is 4.43. The molecule has 0 unspecified atom stereocenters. The van der Waals surface area contributed by atoms with Crippen molar-refractivity contribution in [3.8, 4) is 0 Å². The molecule has 0 aromatic carbocycles. The Morgan fingerprint density at radius 1 is 1.43 bits per heavy atom. The fourth-order valence-corrected chi connectivity index (χ4v) is 1.21. The van der Waals surface area contributed by atoms with E-state index in [9.17, 15) is 0 Å². The molecule has 1 aromatic rings. The molecule has 0 fully saturated rings. The zero-order valence-electron chi connectivity index (χ0n) is 9.25. The van der Waals surface area contributed by atoms with E-state index >= 15 is 0 Å². The van der Waals surface area contributed by atoms with Gasteiger partial charge in [-0.15, -0.1) is 0 Å². The second-order valence-electron chi connectivity index (χ2n) is 3.88. The predicted octanol–water partition coefficient (Wildman–Crippen LogP) is 2.50. The summed E-state index contributed by atoms with van der Waals surface area (Å²) in [6.45, 7) is 7.46. The third-order valence-corrected chi connectivity index (χ3v) is 1.85. The number of hydrogen-bond acceptors (Lipinski definition) is 3. The Morgan fingerprint density at radius 2 is 2.21 bits per heavy atom. The maximum Gasteiger partial charge on any atom is 0.130 e. The molecule has 0 saturated carbocycles. The Balaban J connectivity index is 2.59. The van der Waals surface area contributed by atoms with Gasteiger partial charge in [0.1, 0.15) is 11.6 Å². The van der Waals surface area contributed by atoms with E-state index in [1.54, 1.807) is 0 Å². The van der Waals surface area contributed by atoms with Gasteiger partial charge in [-0.3, -0.25) is 0 Å². The van der Waals surface area contributed by atoms with Gasteiger partial charge >= 0.3 is 0 Å². The van der Waals surface area contributed by atoms with Crippen LogP contribution in [0.5, 0.6) is 0 Å². The highest BCUT2D eigenvalue weighted by molar-refractivity contribution is 5.32. The highest BCUT2D eigenvalue weighted by Crippen LogP contribution is 2.06. The summed E-state index contributed by atoms with van der Waals surface area (Å²) >= 11 is 0. The zero-order valence-corrected chi connectivity index (χ0v) is 9.25. The van der Waals surface area contributed by atoms with E-state index in [2.05, 4.69) is 36.1 Å². The molecular weight excluding hydrogens is 174 g/mol. The normalized spacial score (nSPS) is 10.6. The van der Waals surface area contributed by atoms with Crippen LogP contribution in [0.4, 0.5) is 5.82 Å². The van der Waals surface area contributed by atoms with Crippen molar-refractivity contribution in [2.45, 2.75) is 33.6 Å². The van der Waals surface area contributed by atoms with Crippen molar-refractivity contribution in [2.24, 2.45) is 5.92 Å². The van der Waals surface area contributed by atoms with E-state index < -0.39 is 0 Å². The van der Waals surface area contributed by atoms with Gasteiger partial charge in [0, 0.05) is 19.2 Å². The monoisotopic (exact) mass is 193 g/mol. The summed E-state index contributed by atoms with van der Waals surface area (Å²) in [5.74, 6) is 2.48. The van der Waals surface area contributed by atoms with Gasteiger partial charge in [-0.2, -0.15) is 0 Å². The third-order valence-electron chi connectivity index (χ3n) is 1.85. The molecule has 0 aliphatic carbocycles. The van der Waals surface area contributed by atoms with Crippen LogP contribution in [-0.2, 0) is 6.42 Å². The molecule has 14 heavy (non-hydrogen) atoms. The van der Waals surface area contributed by atoms with Crippen molar-refractivity contribution >= 4 is 5.82 Å². The lowest BCUT2D eigenvalue weighted by molar-refractivity contribution is 0.621.